The highest BCUT2D eigenvalue weighted by Gasteiger charge is 2.32. The van der Waals surface area contributed by atoms with Gasteiger partial charge in [-0.1, -0.05) is 6.07 Å². The number of nitrogens with zero attached hydrogens (tertiary/aromatic N) is 2. The molecular formula is C18H27N3O2. The smallest absolute Gasteiger partial charge is 0.227 e. The van der Waals surface area contributed by atoms with Crippen molar-refractivity contribution in [2.45, 2.75) is 25.8 Å². The molecule has 3 rings (SSSR count). The van der Waals surface area contributed by atoms with E-state index in [4.69, 9.17) is 4.74 Å². The van der Waals surface area contributed by atoms with E-state index in [2.05, 4.69) is 29.3 Å². The van der Waals surface area contributed by atoms with E-state index in [1.54, 1.807) is 7.11 Å². The van der Waals surface area contributed by atoms with Crippen LogP contribution in [0.15, 0.2) is 24.3 Å². The number of carbonyl (C=O) groups excluding carboxylic acids is 1. The molecule has 0 aliphatic carbocycles. The van der Waals surface area contributed by atoms with Crippen molar-refractivity contribution >= 4 is 11.6 Å². The van der Waals surface area contributed by atoms with Crippen LogP contribution in [0, 0.1) is 5.92 Å². The molecule has 0 bridgehead atoms. The monoisotopic (exact) mass is 317 g/mol. The molecule has 2 atom stereocenters. The number of hydrogen-bond acceptors (Lipinski definition) is 4. The molecule has 1 N–H and O–H groups in total. The summed E-state index contributed by atoms with van der Waals surface area (Å²) in [5.41, 5.74) is 1.17. The Hall–Kier alpha value is -1.75. The second-order valence-electron chi connectivity index (χ2n) is 6.51. The number of ether oxygens (including phenoxy) is 1. The van der Waals surface area contributed by atoms with Gasteiger partial charge in [0.05, 0.1) is 13.0 Å². The van der Waals surface area contributed by atoms with Gasteiger partial charge in [0.2, 0.25) is 5.91 Å². The molecule has 126 valence electrons. The lowest BCUT2D eigenvalue weighted by atomic mass is 9.90. The van der Waals surface area contributed by atoms with Crippen LogP contribution in [0.4, 0.5) is 5.69 Å². The summed E-state index contributed by atoms with van der Waals surface area (Å²) in [5.74, 6) is 1.35. The minimum atomic E-state index is 0.145. The Labute approximate surface area is 138 Å². The molecule has 0 spiro atoms. The minimum absolute atomic E-state index is 0.145. The Balaban J connectivity index is 1.58. The fraction of sp³-hybridized carbons (Fsp3) is 0.611. The standard InChI is InChI=1S/C18H27N3O2/c1-14-17(7-4-8-19-14)18(22)21-11-9-20(10-12-21)15-5-3-6-16(13-15)23-2/h3,5-6,13-14,17,19H,4,7-12H2,1-2H3. The lowest BCUT2D eigenvalue weighted by molar-refractivity contribution is -0.137. The van der Waals surface area contributed by atoms with Crippen LogP contribution in [0.2, 0.25) is 0 Å². The van der Waals surface area contributed by atoms with E-state index in [9.17, 15) is 4.79 Å². The normalized spacial score (nSPS) is 25.3. The summed E-state index contributed by atoms with van der Waals surface area (Å²) in [6.45, 7) is 6.54. The zero-order chi connectivity index (χ0) is 16.2. The SMILES string of the molecule is COc1cccc(N2CCN(C(=O)C3CCCNC3C)CC2)c1. The first-order valence-electron chi connectivity index (χ1n) is 8.60. The van der Waals surface area contributed by atoms with Crippen LogP contribution in [0.3, 0.4) is 0 Å². The van der Waals surface area contributed by atoms with Gasteiger partial charge in [0, 0.05) is 44.0 Å². The van der Waals surface area contributed by atoms with Crippen molar-refractivity contribution in [1.29, 1.82) is 0 Å². The number of carbonyl (C=O) groups is 1. The van der Waals surface area contributed by atoms with Gasteiger partial charge in [-0.3, -0.25) is 4.79 Å². The van der Waals surface area contributed by atoms with E-state index in [0.29, 0.717) is 11.9 Å². The number of hydrogen-bond donors (Lipinski definition) is 1. The Morgan fingerprint density at radius 3 is 2.74 bits per heavy atom. The van der Waals surface area contributed by atoms with Crippen molar-refractivity contribution in [3.63, 3.8) is 0 Å². The molecule has 5 heteroatoms. The van der Waals surface area contributed by atoms with E-state index >= 15 is 0 Å². The average Bonchev–Trinajstić information content (AvgIpc) is 2.62. The number of amides is 1. The van der Waals surface area contributed by atoms with E-state index < -0.39 is 0 Å². The highest BCUT2D eigenvalue weighted by molar-refractivity contribution is 5.80. The fourth-order valence-corrected chi connectivity index (χ4v) is 3.61. The summed E-state index contributed by atoms with van der Waals surface area (Å²) in [4.78, 5) is 17.1. The van der Waals surface area contributed by atoms with E-state index in [-0.39, 0.29) is 5.92 Å². The van der Waals surface area contributed by atoms with Gasteiger partial charge in [-0.05, 0) is 38.4 Å². The number of piperidine rings is 1. The Morgan fingerprint density at radius 1 is 1.26 bits per heavy atom. The maximum Gasteiger partial charge on any atom is 0.227 e. The van der Waals surface area contributed by atoms with Gasteiger partial charge >= 0.3 is 0 Å². The van der Waals surface area contributed by atoms with E-state index in [1.807, 2.05) is 17.0 Å². The second-order valence-corrected chi connectivity index (χ2v) is 6.51. The molecule has 5 nitrogen and oxygen atoms in total. The molecule has 1 amide bonds. The number of anilines is 1. The first-order chi connectivity index (χ1) is 11.2. The van der Waals surface area contributed by atoms with Gasteiger partial charge < -0.3 is 19.9 Å². The van der Waals surface area contributed by atoms with E-state index in [0.717, 1.165) is 51.3 Å². The molecule has 2 saturated heterocycles. The topological polar surface area (TPSA) is 44.8 Å². The summed E-state index contributed by atoms with van der Waals surface area (Å²) in [6, 6.07) is 8.44. The minimum Gasteiger partial charge on any atom is -0.497 e. The first-order valence-corrected chi connectivity index (χ1v) is 8.60. The predicted molar refractivity (Wildman–Crippen MR) is 92.0 cm³/mol. The maximum atomic E-state index is 12.8. The number of benzene rings is 1. The summed E-state index contributed by atoms with van der Waals surface area (Å²) in [6.07, 6.45) is 2.12. The zero-order valence-corrected chi connectivity index (χ0v) is 14.1. The Kier molecular flexibility index (Phi) is 5.06. The third-order valence-corrected chi connectivity index (χ3v) is 5.09. The molecule has 2 unspecified atom stereocenters. The Morgan fingerprint density at radius 2 is 2.04 bits per heavy atom. The van der Waals surface area contributed by atoms with Gasteiger partial charge in [-0.15, -0.1) is 0 Å². The van der Waals surface area contributed by atoms with Gasteiger partial charge in [-0.25, -0.2) is 0 Å². The summed E-state index contributed by atoms with van der Waals surface area (Å²) in [5, 5.41) is 3.43. The third kappa shape index (κ3) is 3.61. The molecule has 0 saturated carbocycles. The van der Waals surface area contributed by atoms with Gasteiger partial charge in [0.15, 0.2) is 0 Å². The molecule has 2 aliphatic heterocycles. The van der Waals surface area contributed by atoms with Crippen LogP contribution in [-0.4, -0.2) is 56.7 Å². The van der Waals surface area contributed by atoms with Crippen LogP contribution in [0.25, 0.3) is 0 Å². The molecule has 0 aromatic heterocycles. The van der Waals surface area contributed by atoms with Crippen molar-refractivity contribution in [1.82, 2.24) is 10.2 Å². The molecular weight excluding hydrogens is 290 g/mol. The van der Waals surface area contributed by atoms with Gasteiger partial charge in [-0.2, -0.15) is 0 Å². The molecule has 0 radical (unpaired) electrons. The lowest BCUT2D eigenvalue weighted by Gasteiger charge is -2.39. The van der Waals surface area contributed by atoms with Crippen LogP contribution >= 0.6 is 0 Å². The van der Waals surface area contributed by atoms with Gasteiger partial charge in [0.25, 0.3) is 0 Å². The maximum absolute atomic E-state index is 12.8. The quantitative estimate of drug-likeness (QED) is 0.922. The summed E-state index contributed by atoms with van der Waals surface area (Å²) in [7, 11) is 1.69. The predicted octanol–water partition coefficient (Wildman–Crippen LogP) is 1.73. The molecule has 2 aliphatic rings. The van der Waals surface area contributed by atoms with Crippen molar-refractivity contribution in [2.24, 2.45) is 5.92 Å². The molecule has 2 heterocycles. The van der Waals surface area contributed by atoms with Crippen LogP contribution < -0.4 is 15.0 Å². The lowest BCUT2D eigenvalue weighted by Crippen LogP contribution is -2.54. The third-order valence-electron chi connectivity index (χ3n) is 5.09. The van der Waals surface area contributed by atoms with E-state index in [1.165, 1.54) is 5.69 Å². The molecule has 1 aromatic rings. The zero-order valence-electron chi connectivity index (χ0n) is 14.1. The largest absolute Gasteiger partial charge is 0.497 e. The first kappa shape index (κ1) is 16.1. The molecule has 23 heavy (non-hydrogen) atoms. The fourth-order valence-electron chi connectivity index (χ4n) is 3.61. The van der Waals surface area contributed by atoms with Crippen LogP contribution in [0.1, 0.15) is 19.8 Å². The van der Waals surface area contributed by atoms with Crippen molar-refractivity contribution in [3.05, 3.63) is 24.3 Å². The van der Waals surface area contributed by atoms with Crippen molar-refractivity contribution < 1.29 is 9.53 Å². The highest BCUT2D eigenvalue weighted by atomic mass is 16.5. The van der Waals surface area contributed by atoms with Crippen molar-refractivity contribution in [3.8, 4) is 5.75 Å². The van der Waals surface area contributed by atoms with Crippen LogP contribution in [-0.2, 0) is 4.79 Å². The highest BCUT2D eigenvalue weighted by Crippen LogP contribution is 2.24. The number of methoxy groups -OCH3 is 1. The number of nitrogens with one attached hydrogen (secondary N) is 1. The van der Waals surface area contributed by atoms with Crippen LogP contribution in [0.5, 0.6) is 5.75 Å². The number of rotatable bonds is 3. The van der Waals surface area contributed by atoms with Crippen molar-refractivity contribution in [2.75, 3.05) is 44.7 Å². The summed E-state index contributed by atoms with van der Waals surface area (Å²) >= 11 is 0. The average molecular weight is 317 g/mol. The second kappa shape index (κ2) is 7.21. The molecule has 1 aromatic carbocycles. The molecule has 2 fully saturated rings. The van der Waals surface area contributed by atoms with Gasteiger partial charge in [0.1, 0.15) is 5.75 Å². The summed E-state index contributed by atoms with van der Waals surface area (Å²) < 4.78 is 5.30. The number of piperazine rings is 1. The Bertz CT molecular complexity index is 541.